The van der Waals surface area contributed by atoms with Crippen LogP contribution in [0.1, 0.15) is 85.5 Å². The van der Waals surface area contributed by atoms with Gasteiger partial charge < -0.3 is 9.84 Å². The zero-order valence-corrected chi connectivity index (χ0v) is 21.7. The Morgan fingerprint density at radius 3 is 2.32 bits per heavy atom. The smallest absolute Gasteiger partial charge is 0.315 e. The molecule has 0 radical (unpaired) electrons. The second-order valence-electron chi connectivity index (χ2n) is 11.4. The number of hydrogen-bond donors (Lipinski definition) is 1. The van der Waals surface area contributed by atoms with Gasteiger partial charge in [0.05, 0.1) is 0 Å². The molecule has 0 saturated heterocycles. The third-order valence-corrected chi connectivity index (χ3v) is 8.72. The van der Waals surface area contributed by atoms with Crippen molar-refractivity contribution in [3.63, 3.8) is 0 Å². The van der Waals surface area contributed by atoms with E-state index >= 15 is 0 Å². The molecular formula is C32H35NO4. The maximum absolute atomic E-state index is 14.0. The van der Waals surface area contributed by atoms with Crippen molar-refractivity contribution in [2.45, 2.75) is 83.2 Å². The molecule has 2 aromatic rings. The number of rotatable bonds is 5. The van der Waals surface area contributed by atoms with Crippen LogP contribution in [-0.2, 0) is 14.3 Å². The number of nitrogens with zero attached hydrogens (tertiary/aromatic N) is 1. The maximum atomic E-state index is 14.0. The molecule has 0 amide bonds. The van der Waals surface area contributed by atoms with Crippen LogP contribution in [0.5, 0.6) is 5.75 Å². The summed E-state index contributed by atoms with van der Waals surface area (Å²) in [5, 5.41) is 10.4. The third-order valence-electron chi connectivity index (χ3n) is 8.72. The first-order chi connectivity index (χ1) is 17.9. The fourth-order valence-electron chi connectivity index (χ4n) is 6.91. The van der Waals surface area contributed by atoms with Gasteiger partial charge in [0.2, 0.25) is 0 Å². The fourth-order valence-corrected chi connectivity index (χ4v) is 6.91. The average Bonchev–Trinajstić information content (AvgIpc) is 3.59. The van der Waals surface area contributed by atoms with Crippen molar-refractivity contribution in [1.29, 1.82) is 0 Å². The Morgan fingerprint density at radius 1 is 0.946 bits per heavy atom. The van der Waals surface area contributed by atoms with Crippen molar-refractivity contribution in [2.75, 3.05) is 0 Å². The summed E-state index contributed by atoms with van der Waals surface area (Å²) in [6.45, 7) is 4.22. The second kappa shape index (κ2) is 9.59. The first-order valence-electron chi connectivity index (χ1n) is 13.8. The molecule has 5 nitrogen and oxygen atoms in total. The molecule has 6 rings (SSSR count). The van der Waals surface area contributed by atoms with E-state index in [0.717, 1.165) is 55.5 Å². The number of hydrogen-bond acceptors (Lipinski definition) is 5. The van der Waals surface area contributed by atoms with Crippen molar-refractivity contribution >= 4 is 17.5 Å². The maximum Gasteiger partial charge on any atom is 0.315 e. The van der Waals surface area contributed by atoms with Crippen LogP contribution in [0.3, 0.4) is 0 Å². The monoisotopic (exact) mass is 497 g/mol. The number of ketones is 1. The summed E-state index contributed by atoms with van der Waals surface area (Å²) in [7, 11) is 0. The first kappa shape index (κ1) is 24.1. The number of Topliss-reactive ketones (excluding diaryl/α,β-unsaturated/α-hetero) is 1. The third kappa shape index (κ3) is 4.54. The molecule has 2 saturated carbocycles. The van der Waals surface area contributed by atoms with Crippen LogP contribution in [0, 0.1) is 25.7 Å². The standard InChI is InChI=1S/C32H35NO4/c1-18-7-5-8-19(2)27(18)22-16-25-29(26(35)17-22)28(21-9-6-10-23(34)15-21)30(31(33-25)20-13-14-20)32(36)37-24-11-3-4-12-24/h5-10,15,20,22,24,28,30,34H,3-4,11-14,16-17H2,1-2H3. The molecule has 3 unspecified atom stereocenters. The van der Waals surface area contributed by atoms with Gasteiger partial charge in [0.1, 0.15) is 17.8 Å². The highest BCUT2D eigenvalue weighted by atomic mass is 16.5. The number of allylic oxidation sites excluding steroid dienone is 2. The number of ether oxygens (including phenoxy) is 1. The van der Waals surface area contributed by atoms with Crippen LogP contribution in [0.25, 0.3) is 0 Å². The van der Waals surface area contributed by atoms with E-state index < -0.39 is 11.8 Å². The second-order valence-corrected chi connectivity index (χ2v) is 11.4. The predicted molar refractivity (Wildman–Crippen MR) is 143 cm³/mol. The minimum absolute atomic E-state index is 0.0522. The van der Waals surface area contributed by atoms with Gasteiger partial charge in [-0.05, 0) is 105 Å². The van der Waals surface area contributed by atoms with E-state index in [1.165, 1.54) is 16.7 Å². The summed E-state index contributed by atoms with van der Waals surface area (Å²) in [5.41, 5.74) is 6.77. The molecule has 3 aliphatic carbocycles. The summed E-state index contributed by atoms with van der Waals surface area (Å²) in [6, 6.07) is 13.3. The highest BCUT2D eigenvalue weighted by molar-refractivity contribution is 6.11. The Kier molecular flexibility index (Phi) is 6.26. The van der Waals surface area contributed by atoms with Gasteiger partial charge in [-0.15, -0.1) is 0 Å². The SMILES string of the molecule is Cc1cccc(C)c1C1CC(=O)C2=C(C1)N=C(C1CC1)C(C(=O)OC1CCCC1)C2c1cccc(O)c1. The van der Waals surface area contributed by atoms with Gasteiger partial charge in [-0.3, -0.25) is 14.6 Å². The van der Waals surface area contributed by atoms with Gasteiger partial charge in [0.15, 0.2) is 5.78 Å². The zero-order chi connectivity index (χ0) is 25.7. The van der Waals surface area contributed by atoms with E-state index in [9.17, 15) is 14.7 Å². The predicted octanol–water partition coefficient (Wildman–Crippen LogP) is 6.46. The summed E-state index contributed by atoms with van der Waals surface area (Å²) < 4.78 is 6.06. The minimum Gasteiger partial charge on any atom is -0.508 e. The number of phenols is 1. The Morgan fingerprint density at radius 2 is 1.65 bits per heavy atom. The van der Waals surface area contributed by atoms with Gasteiger partial charge in [-0.2, -0.15) is 0 Å². The van der Waals surface area contributed by atoms with E-state index in [2.05, 4.69) is 32.0 Å². The molecule has 2 aromatic carbocycles. The lowest BCUT2D eigenvalue weighted by Crippen LogP contribution is -2.40. The van der Waals surface area contributed by atoms with Gasteiger partial charge in [0.25, 0.3) is 0 Å². The van der Waals surface area contributed by atoms with Gasteiger partial charge in [-0.1, -0.05) is 30.3 Å². The summed E-state index contributed by atoms with van der Waals surface area (Å²) in [6.07, 6.45) is 7.01. The number of benzene rings is 2. The van der Waals surface area contributed by atoms with E-state index in [0.29, 0.717) is 18.4 Å². The Labute approximate surface area is 218 Å². The van der Waals surface area contributed by atoms with Gasteiger partial charge in [-0.25, -0.2) is 0 Å². The summed E-state index contributed by atoms with van der Waals surface area (Å²) in [4.78, 5) is 32.9. The normalized spacial score (nSPS) is 26.2. The molecule has 0 bridgehead atoms. The molecular weight excluding hydrogens is 462 g/mol. The average molecular weight is 498 g/mol. The molecule has 192 valence electrons. The van der Waals surface area contributed by atoms with Crippen molar-refractivity contribution in [1.82, 2.24) is 0 Å². The topological polar surface area (TPSA) is 76.0 Å². The quantitative estimate of drug-likeness (QED) is 0.481. The van der Waals surface area contributed by atoms with Crippen molar-refractivity contribution < 1.29 is 19.4 Å². The molecule has 1 heterocycles. The Bertz CT molecular complexity index is 1290. The van der Waals surface area contributed by atoms with Crippen LogP contribution in [0.2, 0.25) is 0 Å². The number of aryl methyl sites for hydroxylation is 2. The molecule has 0 spiro atoms. The lowest BCUT2D eigenvalue weighted by Gasteiger charge is -2.38. The fraction of sp³-hybridized carbons (Fsp3) is 0.469. The molecule has 0 aromatic heterocycles. The molecule has 3 atom stereocenters. The van der Waals surface area contributed by atoms with Crippen LogP contribution < -0.4 is 0 Å². The van der Waals surface area contributed by atoms with Crippen LogP contribution in [0.15, 0.2) is 58.7 Å². The summed E-state index contributed by atoms with van der Waals surface area (Å²) >= 11 is 0. The van der Waals surface area contributed by atoms with Crippen molar-refractivity contribution in [2.24, 2.45) is 16.8 Å². The number of esters is 1. The number of carbonyl (C=O) groups is 2. The molecule has 37 heavy (non-hydrogen) atoms. The van der Waals surface area contributed by atoms with E-state index in [1.807, 2.05) is 6.07 Å². The first-order valence-corrected chi connectivity index (χ1v) is 13.8. The van der Waals surface area contributed by atoms with Crippen LogP contribution in [0.4, 0.5) is 0 Å². The molecule has 2 fully saturated rings. The van der Waals surface area contributed by atoms with Crippen molar-refractivity contribution in [3.8, 4) is 5.75 Å². The molecule has 5 heteroatoms. The number of aliphatic imine (C=N–C) groups is 1. The lowest BCUT2D eigenvalue weighted by molar-refractivity contribution is -0.151. The van der Waals surface area contributed by atoms with E-state index in [4.69, 9.17) is 9.73 Å². The van der Waals surface area contributed by atoms with Crippen LogP contribution >= 0.6 is 0 Å². The highest BCUT2D eigenvalue weighted by Crippen LogP contribution is 2.51. The molecule has 1 N–H and O–H groups in total. The molecule has 4 aliphatic rings. The lowest BCUT2D eigenvalue weighted by atomic mass is 9.68. The zero-order valence-electron chi connectivity index (χ0n) is 21.7. The number of phenolic OH excluding ortho intramolecular Hbond substituents is 1. The Balaban J connectivity index is 1.45. The number of carbonyl (C=O) groups excluding carboxylic acids is 2. The van der Waals surface area contributed by atoms with Crippen molar-refractivity contribution in [3.05, 3.63) is 76.0 Å². The van der Waals surface area contributed by atoms with Gasteiger partial charge >= 0.3 is 5.97 Å². The van der Waals surface area contributed by atoms with Gasteiger partial charge in [0, 0.05) is 29.3 Å². The largest absolute Gasteiger partial charge is 0.508 e. The van der Waals surface area contributed by atoms with E-state index in [-0.39, 0.29) is 35.4 Å². The van der Waals surface area contributed by atoms with E-state index in [1.54, 1.807) is 18.2 Å². The number of aromatic hydroxyl groups is 1. The van der Waals surface area contributed by atoms with Crippen LogP contribution in [-0.4, -0.2) is 28.7 Å². The molecule has 1 aliphatic heterocycles. The Hall–Kier alpha value is -3.21. The summed E-state index contributed by atoms with van der Waals surface area (Å²) in [5.74, 6) is -0.838. The minimum atomic E-state index is -0.616. The highest BCUT2D eigenvalue weighted by Gasteiger charge is 2.50.